The Morgan fingerprint density at radius 1 is 1.45 bits per heavy atom. The molecule has 0 saturated heterocycles. The normalized spacial score (nSPS) is 13.0. The van der Waals surface area contributed by atoms with Crippen LogP contribution >= 0.6 is 0 Å². The average molecular weight is 303 g/mol. The van der Waals surface area contributed by atoms with Crippen LogP contribution in [-0.4, -0.2) is 37.8 Å². The standard InChI is InChI=1S/C13H13N5O4/c1-20-13(19)7-4-10-11(22-3-2-21-10)5-8(7)17-18-9(6-14)12(15)16/h4-5,17H,2-3H2,1H3,(H3,15,16)/b18-9+. The number of carbonyl (C=O) groups is 1. The molecule has 0 aromatic heterocycles. The van der Waals surface area contributed by atoms with E-state index in [0.29, 0.717) is 24.7 Å². The molecule has 0 radical (unpaired) electrons. The highest BCUT2D eigenvalue weighted by Crippen LogP contribution is 2.36. The second-order valence-electron chi connectivity index (χ2n) is 4.13. The van der Waals surface area contributed by atoms with Crippen LogP contribution in [0.3, 0.4) is 0 Å². The quantitative estimate of drug-likeness (QED) is 0.317. The van der Waals surface area contributed by atoms with Gasteiger partial charge < -0.3 is 19.9 Å². The van der Waals surface area contributed by atoms with Crippen LogP contribution in [0.5, 0.6) is 11.5 Å². The van der Waals surface area contributed by atoms with Crippen molar-refractivity contribution in [2.24, 2.45) is 10.8 Å². The lowest BCUT2D eigenvalue weighted by molar-refractivity contribution is 0.0600. The summed E-state index contributed by atoms with van der Waals surface area (Å²) < 4.78 is 15.5. The van der Waals surface area contributed by atoms with Gasteiger partial charge in [0, 0.05) is 12.1 Å². The summed E-state index contributed by atoms with van der Waals surface area (Å²) in [4.78, 5) is 11.8. The number of hydrazone groups is 1. The van der Waals surface area contributed by atoms with Crippen molar-refractivity contribution in [2.75, 3.05) is 25.7 Å². The molecule has 114 valence electrons. The van der Waals surface area contributed by atoms with Crippen LogP contribution in [0.2, 0.25) is 0 Å². The Morgan fingerprint density at radius 3 is 2.64 bits per heavy atom. The fourth-order valence-electron chi connectivity index (χ4n) is 1.72. The molecular formula is C13H13N5O4. The molecule has 9 heteroatoms. The molecule has 0 unspecified atom stereocenters. The molecule has 1 aliphatic heterocycles. The summed E-state index contributed by atoms with van der Waals surface area (Å²) in [6.45, 7) is 0.756. The van der Waals surface area contributed by atoms with E-state index >= 15 is 0 Å². The van der Waals surface area contributed by atoms with Gasteiger partial charge in [-0.05, 0) is 0 Å². The summed E-state index contributed by atoms with van der Waals surface area (Å²) in [5, 5.41) is 19.7. The fourth-order valence-corrected chi connectivity index (χ4v) is 1.72. The second-order valence-corrected chi connectivity index (χ2v) is 4.13. The summed E-state index contributed by atoms with van der Waals surface area (Å²) in [5.74, 6) is -0.269. The maximum absolute atomic E-state index is 11.8. The monoisotopic (exact) mass is 303 g/mol. The maximum atomic E-state index is 11.8. The molecule has 0 atom stereocenters. The minimum Gasteiger partial charge on any atom is -0.486 e. The molecule has 4 N–H and O–H groups in total. The zero-order chi connectivity index (χ0) is 16.1. The molecule has 0 bridgehead atoms. The van der Waals surface area contributed by atoms with Gasteiger partial charge in [-0.2, -0.15) is 10.4 Å². The third kappa shape index (κ3) is 3.06. The number of ether oxygens (including phenoxy) is 3. The van der Waals surface area contributed by atoms with Gasteiger partial charge in [0.25, 0.3) is 0 Å². The number of hydrogen-bond donors (Lipinski definition) is 3. The van der Waals surface area contributed by atoms with E-state index in [1.54, 1.807) is 6.07 Å². The maximum Gasteiger partial charge on any atom is 0.340 e. The van der Waals surface area contributed by atoms with E-state index < -0.39 is 11.8 Å². The number of amidine groups is 1. The van der Waals surface area contributed by atoms with Crippen LogP contribution in [0.1, 0.15) is 10.4 Å². The van der Waals surface area contributed by atoms with Crippen LogP contribution in [0.15, 0.2) is 17.2 Å². The molecule has 22 heavy (non-hydrogen) atoms. The molecule has 1 aromatic carbocycles. The zero-order valence-corrected chi connectivity index (χ0v) is 11.7. The number of anilines is 1. The lowest BCUT2D eigenvalue weighted by Gasteiger charge is -2.20. The predicted octanol–water partition coefficient (Wildman–Crippen LogP) is 0.472. The molecule has 0 saturated carbocycles. The van der Waals surface area contributed by atoms with Gasteiger partial charge in [0.1, 0.15) is 19.3 Å². The molecule has 9 nitrogen and oxygen atoms in total. The number of esters is 1. The van der Waals surface area contributed by atoms with E-state index in [1.807, 2.05) is 0 Å². The number of nitrogens with zero attached hydrogens (tertiary/aromatic N) is 2. The highest BCUT2D eigenvalue weighted by molar-refractivity contribution is 6.45. The Morgan fingerprint density at radius 2 is 2.09 bits per heavy atom. The van der Waals surface area contributed by atoms with E-state index in [2.05, 4.69) is 10.5 Å². The van der Waals surface area contributed by atoms with Crippen molar-refractivity contribution in [1.82, 2.24) is 0 Å². The first kappa shape index (κ1) is 15.1. The summed E-state index contributed by atoms with van der Waals surface area (Å²) in [6.07, 6.45) is 0. The van der Waals surface area contributed by atoms with Gasteiger partial charge in [-0.3, -0.25) is 10.8 Å². The fraction of sp³-hybridized carbons (Fsp3) is 0.231. The van der Waals surface area contributed by atoms with Crippen molar-refractivity contribution in [3.8, 4) is 17.6 Å². The van der Waals surface area contributed by atoms with Crippen molar-refractivity contribution in [3.05, 3.63) is 17.7 Å². The lowest BCUT2D eigenvalue weighted by atomic mass is 10.1. The Balaban J connectivity index is 2.42. The van der Waals surface area contributed by atoms with Crippen LogP contribution in [0, 0.1) is 16.7 Å². The Kier molecular flexibility index (Phi) is 4.43. The molecule has 0 amide bonds. The second kappa shape index (κ2) is 6.45. The minimum atomic E-state index is -0.615. The first-order valence-corrected chi connectivity index (χ1v) is 6.17. The molecule has 1 aliphatic rings. The Bertz CT molecular complexity index is 692. The molecule has 0 spiro atoms. The van der Waals surface area contributed by atoms with E-state index in [4.69, 9.17) is 30.6 Å². The van der Waals surface area contributed by atoms with Gasteiger partial charge >= 0.3 is 5.97 Å². The van der Waals surface area contributed by atoms with Crippen LogP contribution in [0.4, 0.5) is 5.69 Å². The Hall–Kier alpha value is -3.28. The number of methoxy groups -OCH3 is 1. The van der Waals surface area contributed by atoms with Crippen molar-refractivity contribution >= 4 is 23.2 Å². The first-order chi connectivity index (χ1) is 10.6. The van der Waals surface area contributed by atoms with Crippen LogP contribution in [-0.2, 0) is 4.74 Å². The molecule has 1 aromatic rings. The smallest absolute Gasteiger partial charge is 0.340 e. The topological polar surface area (TPSA) is 143 Å². The van der Waals surface area contributed by atoms with Crippen molar-refractivity contribution in [1.29, 1.82) is 10.7 Å². The number of carbonyl (C=O) groups excluding carboxylic acids is 1. The number of nitrogens with two attached hydrogens (primary N) is 1. The average Bonchev–Trinajstić information content (AvgIpc) is 2.53. The van der Waals surface area contributed by atoms with Crippen molar-refractivity contribution in [3.63, 3.8) is 0 Å². The number of nitriles is 1. The van der Waals surface area contributed by atoms with E-state index in [1.165, 1.54) is 19.2 Å². The number of nitrogens with one attached hydrogen (secondary N) is 2. The van der Waals surface area contributed by atoms with E-state index in [-0.39, 0.29) is 17.0 Å². The van der Waals surface area contributed by atoms with Gasteiger partial charge in [0.2, 0.25) is 5.71 Å². The highest BCUT2D eigenvalue weighted by Gasteiger charge is 2.20. The summed E-state index contributed by atoms with van der Waals surface area (Å²) in [6, 6.07) is 4.62. The van der Waals surface area contributed by atoms with Crippen molar-refractivity contribution < 1.29 is 19.0 Å². The lowest BCUT2D eigenvalue weighted by Crippen LogP contribution is -2.22. The third-order valence-electron chi connectivity index (χ3n) is 2.74. The van der Waals surface area contributed by atoms with Gasteiger partial charge in [-0.15, -0.1) is 0 Å². The van der Waals surface area contributed by atoms with Gasteiger partial charge in [-0.25, -0.2) is 4.79 Å². The molecule has 0 aliphatic carbocycles. The SMILES string of the molecule is COC(=O)c1cc2c(cc1N/N=C(\C#N)C(=N)N)OCCO2. The van der Waals surface area contributed by atoms with Gasteiger partial charge in [-0.1, -0.05) is 0 Å². The largest absolute Gasteiger partial charge is 0.486 e. The van der Waals surface area contributed by atoms with Crippen LogP contribution in [0.25, 0.3) is 0 Å². The predicted molar refractivity (Wildman–Crippen MR) is 77.4 cm³/mol. The number of rotatable bonds is 4. The van der Waals surface area contributed by atoms with Crippen LogP contribution < -0.4 is 20.6 Å². The van der Waals surface area contributed by atoms with Crippen molar-refractivity contribution in [2.45, 2.75) is 0 Å². The third-order valence-corrected chi connectivity index (χ3v) is 2.74. The molecule has 1 heterocycles. The Labute approximate surface area is 125 Å². The number of fused-ring (bicyclic) bond motifs is 1. The van der Waals surface area contributed by atoms with Gasteiger partial charge in [0.05, 0.1) is 18.4 Å². The van der Waals surface area contributed by atoms with E-state index in [9.17, 15) is 4.79 Å². The van der Waals surface area contributed by atoms with Gasteiger partial charge in [0.15, 0.2) is 17.3 Å². The molecular weight excluding hydrogens is 290 g/mol. The highest BCUT2D eigenvalue weighted by atomic mass is 16.6. The number of benzene rings is 1. The first-order valence-electron chi connectivity index (χ1n) is 6.17. The molecule has 2 rings (SSSR count). The van der Waals surface area contributed by atoms with E-state index in [0.717, 1.165) is 0 Å². The number of hydrogen-bond acceptors (Lipinski definition) is 8. The summed E-state index contributed by atoms with van der Waals surface area (Å²) in [5.41, 5.74) is 7.80. The summed E-state index contributed by atoms with van der Waals surface area (Å²) >= 11 is 0. The zero-order valence-electron chi connectivity index (χ0n) is 11.7. The molecule has 0 fully saturated rings. The summed E-state index contributed by atoms with van der Waals surface area (Å²) in [7, 11) is 1.24. The minimum absolute atomic E-state index is 0.149.